The van der Waals surface area contributed by atoms with Crippen molar-refractivity contribution in [2.75, 3.05) is 26.8 Å². The fourth-order valence-corrected chi connectivity index (χ4v) is 1.32. The molecule has 6 heteroatoms. The number of carbonyl (C=O) groups excluding carboxylic acids is 1. The van der Waals surface area contributed by atoms with Crippen molar-refractivity contribution < 1.29 is 9.53 Å². The second kappa shape index (κ2) is 5.55. The van der Waals surface area contributed by atoms with E-state index in [0.717, 1.165) is 6.42 Å². The number of urea groups is 1. The van der Waals surface area contributed by atoms with Crippen molar-refractivity contribution in [3.8, 4) is 0 Å². The molecule has 2 amide bonds. The van der Waals surface area contributed by atoms with Crippen LogP contribution < -0.4 is 11.1 Å². The first-order chi connectivity index (χ1) is 7.09. The standard InChI is InChI=1S/C9H18N4O2/c1-13(4-2-8(10)11)9(14)12-7-3-5-15-6-7/h7H,2-6H2,1H3,(H3,10,11)(H,12,14). The van der Waals surface area contributed by atoms with E-state index >= 15 is 0 Å². The summed E-state index contributed by atoms with van der Waals surface area (Å²) in [6.07, 6.45) is 1.28. The van der Waals surface area contributed by atoms with Gasteiger partial charge in [-0.15, -0.1) is 0 Å². The largest absolute Gasteiger partial charge is 0.388 e. The van der Waals surface area contributed by atoms with E-state index in [9.17, 15) is 4.79 Å². The lowest BCUT2D eigenvalue weighted by atomic mass is 10.3. The van der Waals surface area contributed by atoms with Gasteiger partial charge in [0.2, 0.25) is 0 Å². The number of hydrogen-bond donors (Lipinski definition) is 3. The van der Waals surface area contributed by atoms with Gasteiger partial charge in [-0.05, 0) is 6.42 Å². The average Bonchev–Trinajstić information content (AvgIpc) is 2.66. The first-order valence-corrected chi connectivity index (χ1v) is 5.02. The molecule has 1 rings (SSSR count). The molecule has 15 heavy (non-hydrogen) atoms. The van der Waals surface area contributed by atoms with Gasteiger partial charge in [0.25, 0.3) is 0 Å². The fourth-order valence-electron chi connectivity index (χ4n) is 1.32. The molecule has 0 aromatic rings. The van der Waals surface area contributed by atoms with Gasteiger partial charge in [-0.25, -0.2) is 4.79 Å². The maximum Gasteiger partial charge on any atom is 0.317 e. The highest BCUT2D eigenvalue weighted by atomic mass is 16.5. The summed E-state index contributed by atoms with van der Waals surface area (Å²) in [7, 11) is 1.69. The van der Waals surface area contributed by atoms with Gasteiger partial charge in [0.05, 0.1) is 18.5 Å². The summed E-state index contributed by atoms with van der Waals surface area (Å²) in [4.78, 5) is 13.1. The van der Waals surface area contributed by atoms with Crippen LogP contribution in [0.25, 0.3) is 0 Å². The number of ether oxygens (including phenoxy) is 1. The van der Waals surface area contributed by atoms with Crippen molar-refractivity contribution in [1.29, 1.82) is 5.41 Å². The third kappa shape index (κ3) is 4.16. The highest BCUT2D eigenvalue weighted by Gasteiger charge is 2.19. The Hall–Kier alpha value is -1.30. The topological polar surface area (TPSA) is 91.4 Å². The predicted molar refractivity (Wildman–Crippen MR) is 56.9 cm³/mol. The average molecular weight is 214 g/mol. The van der Waals surface area contributed by atoms with Crippen LogP contribution >= 0.6 is 0 Å². The summed E-state index contributed by atoms with van der Waals surface area (Å²) in [6, 6.07) is -0.0102. The molecule has 1 aliphatic heterocycles. The Morgan fingerprint density at radius 3 is 3.00 bits per heavy atom. The molecule has 4 N–H and O–H groups in total. The fraction of sp³-hybridized carbons (Fsp3) is 0.778. The Morgan fingerprint density at radius 2 is 2.47 bits per heavy atom. The van der Waals surface area contributed by atoms with Crippen LogP contribution in [0.4, 0.5) is 4.79 Å². The molecule has 6 nitrogen and oxygen atoms in total. The summed E-state index contributed by atoms with van der Waals surface area (Å²) in [5, 5.41) is 9.90. The lowest BCUT2D eigenvalue weighted by molar-refractivity contribution is 0.182. The first-order valence-electron chi connectivity index (χ1n) is 5.02. The van der Waals surface area contributed by atoms with Crippen molar-refractivity contribution in [2.24, 2.45) is 5.73 Å². The van der Waals surface area contributed by atoms with E-state index in [1.54, 1.807) is 7.05 Å². The van der Waals surface area contributed by atoms with Crippen LogP contribution in [0.3, 0.4) is 0 Å². The third-order valence-corrected chi connectivity index (χ3v) is 2.32. The molecule has 0 radical (unpaired) electrons. The highest BCUT2D eigenvalue weighted by Crippen LogP contribution is 2.03. The molecule has 1 fully saturated rings. The molecular formula is C9H18N4O2. The molecule has 1 aliphatic rings. The maximum absolute atomic E-state index is 11.6. The van der Waals surface area contributed by atoms with Gasteiger partial charge in [-0.2, -0.15) is 0 Å². The number of amides is 2. The SMILES string of the molecule is CN(CCC(=N)N)C(=O)NC1CCOC1. The quantitative estimate of drug-likeness (QED) is 0.445. The minimum atomic E-state index is -0.133. The van der Waals surface area contributed by atoms with Crippen molar-refractivity contribution in [3.05, 3.63) is 0 Å². The molecule has 0 aromatic heterocycles. The van der Waals surface area contributed by atoms with Crippen LogP contribution in [0, 0.1) is 5.41 Å². The molecular weight excluding hydrogens is 196 g/mol. The van der Waals surface area contributed by atoms with Crippen LogP contribution in [-0.4, -0.2) is 49.6 Å². The van der Waals surface area contributed by atoms with E-state index in [-0.39, 0.29) is 17.9 Å². The Labute approximate surface area is 89.3 Å². The van der Waals surface area contributed by atoms with Gasteiger partial charge in [-0.1, -0.05) is 0 Å². The van der Waals surface area contributed by atoms with Gasteiger partial charge in [-0.3, -0.25) is 5.41 Å². The van der Waals surface area contributed by atoms with Gasteiger partial charge in [0.15, 0.2) is 0 Å². The smallest absolute Gasteiger partial charge is 0.317 e. The van der Waals surface area contributed by atoms with Crippen molar-refractivity contribution in [2.45, 2.75) is 18.9 Å². The van der Waals surface area contributed by atoms with Gasteiger partial charge in [0.1, 0.15) is 0 Å². The van der Waals surface area contributed by atoms with Gasteiger partial charge < -0.3 is 20.7 Å². The molecule has 0 bridgehead atoms. The summed E-state index contributed by atoms with van der Waals surface area (Å²) >= 11 is 0. The zero-order chi connectivity index (χ0) is 11.3. The van der Waals surface area contributed by atoms with Crippen LogP contribution in [0.2, 0.25) is 0 Å². The first kappa shape index (κ1) is 11.8. The zero-order valence-electron chi connectivity index (χ0n) is 8.95. The monoisotopic (exact) mass is 214 g/mol. The molecule has 1 unspecified atom stereocenters. The van der Waals surface area contributed by atoms with E-state index in [4.69, 9.17) is 15.9 Å². The molecule has 1 heterocycles. The third-order valence-electron chi connectivity index (χ3n) is 2.32. The van der Waals surface area contributed by atoms with Gasteiger partial charge >= 0.3 is 6.03 Å². The van der Waals surface area contributed by atoms with Gasteiger partial charge in [0, 0.05) is 26.6 Å². The molecule has 0 saturated carbocycles. The van der Waals surface area contributed by atoms with Crippen LogP contribution in [0.15, 0.2) is 0 Å². The van der Waals surface area contributed by atoms with Crippen molar-refractivity contribution in [3.63, 3.8) is 0 Å². The molecule has 86 valence electrons. The van der Waals surface area contributed by atoms with E-state index in [0.29, 0.717) is 26.2 Å². The van der Waals surface area contributed by atoms with E-state index in [2.05, 4.69) is 5.32 Å². The number of nitrogens with zero attached hydrogens (tertiary/aromatic N) is 1. The number of nitrogens with one attached hydrogen (secondary N) is 2. The lowest BCUT2D eigenvalue weighted by Gasteiger charge is -2.19. The summed E-state index contributed by atoms with van der Waals surface area (Å²) in [6.45, 7) is 1.77. The van der Waals surface area contributed by atoms with E-state index in [1.165, 1.54) is 4.90 Å². The van der Waals surface area contributed by atoms with E-state index in [1.807, 2.05) is 0 Å². The second-order valence-corrected chi connectivity index (χ2v) is 3.71. The normalized spacial score (nSPS) is 19.9. The molecule has 1 saturated heterocycles. The number of carbonyl (C=O) groups is 1. The van der Waals surface area contributed by atoms with Crippen LogP contribution in [0.1, 0.15) is 12.8 Å². The second-order valence-electron chi connectivity index (χ2n) is 3.71. The molecule has 0 aliphatic carbocycles. The molecule has 1 atom stereocenters. The molecule has 0 aromatic carbocycles. The van der Waals surface area contributed by atoms with E-state index < -0.39 is 0 Å². The number of nitrogens with two attached hydrogens (primary N) is 1. The Morgan fingerprint density at radius 1 is 1.73 bits per heavy atom. The minimum Gasteiger partial charge on any atom is -0.388 e. The lowest BCUT2D eigenvalue weighted by Crippen LogP contribution is -2.44. The van der Waals surface area contributed by atoms with Crippen LogP contribution in [-0.2, 0) is 4.74 Å². The maximum atomic E-state index is 11.6. The Kier molecular flexibility index (Phi) is 4.36. The van der Waals surface area contributed by atoms with Crippen LogP contribution in [0.5, 0.6) is 0 Å². The van der Waals surface area contributed by atoms with Crippen molar-refractivity contribution in [1.82, 2.24) is 10.2 Å². The minimum absolute atomic E-state index is 0.0962. The van der Waals surface area contributed by atoms with Crippen molar-refractivity contribution >= 4 is 11.9 Å². The number of amidine groups is 1. The summed E-state index contributed by atoms with van der Waals surface area (Å²) in [5.74, 6) is 0.0962. The Balaban J connectivity index is 2.22. The predicted octanol–water partition coefficient (Wildman–Crippen LogP) is -0.257. The Bertz CT molecular complexity index is 238. The zero-order valence-corrected chi connectivity index (χ0v) is 8.95. The molecule has 0 spiro atoms. The number of hydrogen-bond acceptors (Lipinski definition) is 3. The summed E-state index contributed by atoms with van der Waals surface area (Å²) < 4.78 is 5.15. The summed E-state index contributed by atoms with van der Waals surface area (Å²) in [5.41, 5.74) is 5.21. The number of rotatable bonds is 4. The highest BCUT2D eigenvalue weighted by molar-refractivity contribution is 5.78.